The second-order valence-electron chi connectivity index (χ2n) is 6.13. The number of morpholine rings is 1. The number of benzene rings is 1. The number of aromatic nitrogens is 1. The molecule has 0 amide bonds. The molecule has 6 heteroatoms. The van der Waals surface area contributed by atoms with Gasteiger partial charge in [0.2, 0.25) is 5.43 Å². The third kappa shape index (κ3) is 2.45. The first-order chi connectivity index (χ1) is 12.3. The Morgan fingerprint density at radius 1 is 1.12 bits per heavy atom. The number of aromatic amines is 1. The number of thiophene rings is 1. The monoisotopic (exact) mass is 352 g/mol. The van der Waals surface area contributed by atoms with E-state index in [1.165, 1.54) is 11.3 Å². The van der Waals surface area contributed by atoms with Crippen LogP contribution >= 0.6 is 11.3 Å². The molecule has 5 nitrogen and oxygen atoms in total. The highest BCUT2D eigenvalue weighted by atomic mass is 32.1. The van der Waals surface area contributed by atoms with Gasteiger partial charge in [-0.2, -0.15) is 0 Å². The molecule has 4 aromatic rings. The number of rotatable bonds is 2. The molecule has 0 bridgehead atoms. The van der Waals surface area contributed by atoms with Crippen molar-refractivity contribution in [2.45, 2.75) is 0 Å². The molecule has 1 fully saturated rings. The molecular weight excluding hydrogens is 336 g/mol. The standard InChI is InChI=1S/C19H16N2O3S/c22-16-10-17(21-5-7-23-8-6-21)24-18-13(11-25-19(16)18)15-9-12-3-1-2-4-14(12)20-15/h1-4,9-11,20H,5-8H2. The van der Waals surface area contributed by atoms with Gasteiger partial charge in [-0.3, -0.25) is 4.79 Å². The third-order valence-corrected chi connectivity index (χ3v) is 5.55. The van der Waals surface area contributed by atoms with Gasteiger partial charge in [-0.05, 0) is 12.1 Å². The van der Waals surface area contributed by atoms with E-state index in [0.717, 1.165) is 35.2 Å². The Hall–Kier alpha value is -2.57. The zero-order chi connectivity index (χ0) is 16.8. The van der Waals surface area contributed by atoms with Crippen molar-refractivity contribution >= 4 is 38.4 Å². The van der Waals surface area contributed by atoms with Crippen molar-refractivity contribution in [3.8, 4) is 11.3 Å². The molecule has 0 radical (unpaired) electrons. The summed E-state index contributed by atoms with van der Waals surface area (Å²) in [6, 6.07) is 11.8. The largest absolute Gasteiger partial charge is 0.439 e. The molecule has 25 heavy (non-hydrogen) atoms. The molecule has 1 aliphatic heterocycles. The van der Waals surface area contributed by atoms with E-state index in [9.17, 15) is 4.79 Å². The van der Waals surface area contributed by atoms with E-state index in [2.05, 4.69) is 22.0 Å². The summed E-state index contributed by atoms with van der Waals surface area (Å²) in [4.78, 5) is 18.0. The third-order valence-electron chi connectivity index (χ3n) is 4.57. The van der Waals surface area contributed by atoms with Crippen LogP contribution in [-0.4, -0.2) is 31.3 Å². The zero-order valence-electron chi connectivity index (χ0n) is 13.5. The number of ether oxygens (including phenoxy) is 1. The van der Waals surface area contributed by atoms with Crippen LogP contribution in [0.15, 0.2) is 51.0 Å². The number of nitrogens with zero attached hydrogens (tertiary/aromatic N) is 1. The first-order valence-electron chi connectivity index (χ1n) is 8.26. The van der Waals surface area contributed by atoms with Gasteiger partial charge in [0.05, 0.1) is 24.5 Å². The molecule has 1 aromatic carbocycles. The summed E-state index contributed by atoms with van der Waals surface area (Å²) in [5, 5.41) is 3.13. The van der Waals surface area contributed by atoms with Crippen LogP contribution in [0, 0.1) is 0 Å². The zero-order valence-corrected chi connectivity index (χ0v) is 14.3. The van der Waals surface area contributed by atoms with Crippen LogP contribution in [0.2, 0.25) is 0 Å². The molecular formula is C19H16N2O3S. The van der Waals surface area contributed by atoms with Gasteiger partial charge in [-0.1, -0.05) is 18.2 Å². The first kappa shape index (κ1) is 14.7. The molecule has 3 aromatic heterocycles. The fourth-order valence-electron chi connectivity index (χ4n) is 3.27. The smallest absolute Gasteiger partial charge is 0.204 e. The molecule has 0 saturated carbocycles. The maximum absolute atomic E-state index is 12.5. The number of hydrogen-bond donors (Lipinski definition) is 1. The summed E-state index contributed by atoms with van der Waals surface area (Å²) >= 11 is 1.43. The van der Waals surface area contributed by atoms with E-state index in [4.69, 9.17) is 9.15 Å². The Labute approximate surface area is 147 Å². The SMILES string of the molecule is O=c1cc(N2CCOCC2)oc2c(-c3cc4ccccc4[nH]3)csc12. The molecule has 0 unspecified atom stereocenters. The maximum Gasteiger partial charge on any atom is 0.204 e. The molecule has 0 spiro atoms. The van der Waals surface area contributed by atoms with Gasteiger partial charge in [-0.25, -0.2) is 0 Å². The van der Waals surface area contributed by atoms with E-state index in [-0.39, 0.29) is 5.43 Å². The minimum atomic E-state index is 0.00935. The summed E-state index contributed by atoms with van der Waals surface area (Å²) in [7, 11) is 0. The van der Waals surface area contributed by atoms with Gasteiger partial charge >= 0.3 is 0 Å². The predicted molar refractivity (Wildman–Crippen MR) is 101 cm³/mol. The summed E-state index contributed by atoms with van der Waals surface area (Å²) < 4.78 is 12.2. The molecule has 126 valence electrons. The average molecular weight is 352 g/mol. The molecule has 0 aliphatic carbocycles. The van der Waals surface area contributed by atoms with Crippen molar-refractivity contribution in [1.82, 2.24) is 4.98 Å². The van der Waals surface area contributed by atoms with Crippen LogP contribution in [0.25, 0.3) is 32.4 Å². The number of H-pyrrole nitrogens is 1. The maximum atomic E-state index is 12.5. The quantitative estimate of drug-likeness (QED) is 0.595. The minimum Gasteiger partial charge on any atom is -0.439 e. The molecule has 1 aliphatic rings. The number of fused-ring (bicyclic) bond motifs is 2. The first-order valence-corrected chi connectivity index (χ1v) is 9.14. The minimum absolute atomic E-state index is 0.00935. The number of para-hydroxylation sites is 1. The van der Waals surface area contributed by atoms with Gasteiger partial charge in [0, 0.05) is 35.4 Å². The van der Waals surface area contributed by atoms with Crippen molar-refractivity contribution in [2.75, 3.05) is 31.2 Å². The molecule has 4 heterocycles. The highest BCUT2D eigenvalue weighted by molar-refractivity contribution is 7.17. The van der Waals surface area contributed by atoms with E-state index in [0.29, 0.717) is 29.4 Å². The van der Waals surface area contributed by atoms with Gasteiger partial charge in [-0.15, -0.1) is 11.3 Å². The van der Waals surface area contributed by atoms with Gasteiger partial charge < -0.3 is 19.0 Å². The van der Waals surface area contributed by atoms with Crippen LogP contribution in [0.4, 0.5) is 5.88 Å². The molecule has 5 rings (SSSR count). The summed E-state index contributed by atoms with van der Waals surface area (Å²) in [6.45, 7) is 2.78. The van der Waals surface area contributed by atoms with E-state index in [1.807, 2.05) is 23.6 Å². The van der Waals surface area contributed by atoms with Crippen molar-refractivity contribution in [3.63, 3.8) is 0 Å². The van der Waals surface area contributed by atoms with Crippen molar-refractivity contribution in [3.05, 3.63) is 52.0 Å². The van der Waals surface area contributed by atoms with Gasteiger partial charge in [0.25, 0.3) is 0 Å². The van der Waals surface area contributed by atoms with Crippen molar-refractivity contribution in [1.29, 1.82) is 0 Å². The molecule has 1 N–H and O–H groups in total. The second-order valence-corrected chi connectivity index (χ2v) is 7.01. The van der Waals surface area contributed by atoms with Crippen LogP contribution < -0.4 is 10.3 Å². The summed E-state index contributed by atoms with van der Waals surface area (Å²) in [5.74, 6) is 0.622. The topological polar surface area (TPSA) is 58.5 Å². The second kappa shape index (κ2) is 5.75. The fourth-order valence-corrected chi connectivity index (χ4v) is 4.18. The Morgan fingerprint density at radius 3 is 2.80 bits per heavy atom. The number of anilines is 1. The van der Waals surface area contributed by atoms with Crippen molar-refractivity contribution < 1.29 is 9.15 Å². The fraction of sp³-hybridized carbons (Fsp3) is 0.211. The number of hydrogen-bond acceptors (Lipinski definition) is 5. The van der Waals surface area contributed by atoms with Crippen LogP contribution in [0.1, 0.15) is 0 Å². The Bertz CT molecular complexity index is 1090. The lowest BCUT2D eigenvalue weighted by molar-refractivity contribution is 0.121. The molecule has 0 atom stereocenters. The van der Waals surface area contributed by atoms with Crippen LogP contribution in [0.3, 0.4) is 0 Å². The Morgan fingerprint density at radius 2 is 1.96 bits per heavy atom. The van der Waals surface area contributed by atoms with E-state index < -0.39 is 0 Å². The summed E-state index contributed by atoms with van der Waals surface area (Å²) in [6.07, 6.45) is 0. The lowest BCUT2D eigenvalue weighted by Crippen LogP contribution is -2.36. The predicted octanol–water partition coefficient (Wildman–Crippen LogP) is 3.84. The van der Waals surface area contributed by atoms with E-state index in [1.54, 1.807) is 6.07 Å². The van der Waals surface area contributed by atoms with E-state index >= 15 is 0 Å². The summed E-state index contributed by atoms with van der Waals surface area (Å²) in [5.41, 5.74) is 3.64. The lowest BCUT2D eigenvalue weighted by Gasteiger charge is -2.27. The van der Waals surface area contributed by atoms with Gasteiger partial charge in [0.15, 0.2) is 11.5 Å². The highest BCUT2D eigenvalue weighted by Crippen LogP contribution is 2.35. The number of nitrogens with one attached hydrogen (secondary N) is 1. The Balaban J connectivity index is 1.68. The average Bonchev–Trinajstić information content (AvgIpc) is 3.26. The highest BCUT2D eigenvalue weighted by Gasteiger charge is 2.19. The van der Waals surface area contributed by atoms with Crippen LogP contribution in [-0.2, 0) is 4.74 Å². The van der Waals surface area contributed by atoms with Gasteiger partial charge in [0.1, 0.15) is 4.70 Å². The Kier molecular flexibility index (Phi) is 3.39. The lowest BCUT2D eigenvalue weighted by atomic mass is 10.2. The van der Waals surface area contributed by atoms with Crippen molar-refractivity contribution in [2.24, 2.45) is 0 Å². The van der Waals surface area contributed by atoms with Crippen LogP contribution in [0.5, 0.6) is 0 Å². The normalized spacial score (nSPS) is 15.3. The molecule has 1 saturated heterocycles.